The van der Waals surface area contributed by atoms with Crippen LogP contribution in [0.5, 0.6) is 0 Å². The summed E-state index contributed by atoms with van der Waals surface area (Å²) in [6.07, 6.45) is 7.60. The van der Waals surface area contributed by atoms with Gasteiger partial charge in [0.1, 0.15) is 0 Å². The van der Waals surface area contributed by atoms with Gasteiger partial charge in [0.2, 0.25) is 5.95 Å². The topological polar surface area (TPSA) is 50.2 Å². The highest BCUT2D eigenvalue weighted by molar-refractivity contribution is 5.99. The van der Waals surface area contributed by atoms with E-state index in [9.17, 15) is 0 Å². The summed E-state index contributed by atoms with van der Waals surface area (Å²) in [5.41, 5.74) is 8.70. The molecule has 1 N–H and O–H groups in total. The van der Waals surface area contributed by atoms with Crippen LogP contribution in [0.25, 0.3) is 0 Å². The van der Waals surface area contributed by atoms with E-state index in [0.29, 0.717) is 5.95 Å². The van der Waals surface area contributed by atoms with Gasteiger partial charge in [-0.1, -0.05) is 58.2 Å². The molecule has 0 atom stereocenters. The second-order valence-electron chi connectivity index (χ2n) is 6.79. The van der Waals surface area contributed by atoms with Crippen molar-refractivity contribution in [3.8, 4) is 0 Å². The van der Waals surface area contributed by atoms with Crippen molar-refractivity contribution in [1.29, 1.82) is 0 Å². The SMILES string of the molecule is CCCCc1cc(CCC)nc(NN=C(C)c2cccc(CCC)c2)n1. The lowest BCUT2D eigenvalue weighted by atomic mass is 10.0. The lowest BCUT2D eigenvalue weighted by Gasteiger charge is -2.08. The van der Waals surface area contributed by atoms with Gasteiger partial charge in [-0.05, 0) is 55.9 Å². The van der Waals surface area contributed by atoms with Gasteiger partial charge >= 0.3 is 0 Å². The smallest absolute Gasteiger partial charge is 0.243 e. The number of hydrogen-bond acceptors (Lipinski definition) is 4. The molecule has 1 heterocycles. The maximum Gasteiger partial charge on any atom is 0.243 e. The van der Waals surface area contributed by atoms with E-state index >= 15 is 0 Å². The second kappa shape index (κ2) is 10.7. The molecule has 0 saturated carbocycles. The third-order valence-electron chi connectivity index (χ3n) is 4.33. The number of nitrogens with zero attached hydrogens (tertiary/aromatic N) is 3. The van der Waals surface area contributed by atoms with E-state index in [1.165, 1.54) is 12.0 Å². The molecule has 0 amide bonds. The number of nitrogens with one attached hydrogen (secondary N) is 1. The Morgan fingerprint density at radius 2 is 1.65 bits per heavy atom. The van der Waals surface area contributed by atoms with Crippen LogP contribution < -0.4 is 5.43 Å². The number of unbranched alkanes of at least 4 members (excludes halogenated alkanes) is 1. The summed E-state index contributed by atoms with van der Waals surface area (Å²) in [6.45, 7) is 8.60. The predicted octanol–water partition coefficient (Wildman–Crippen LogP) is 5.56. The predicted molar refractivity (Wildman–Crippen MR) is 111 cm³/mol. The van der Waals surface area contributed by atoms with E-state index in [1.807, 2.05) is 6.92 Å². The molecular formula is C22H32N4. The van der Waals surface area contributed by atoms with Crippen molar-refractivity contribution in [3.63, 3.8) is 0 Å². The zero-order chi connectivity index (χ0) is 18.8. The summed E-state index contributed by atoms with van der Waals surface area (Å²) in [7, 11) is 0. The minimum absolute atomic E-state index is 0.603. The average molecular weight is 353 g/mol. The minimum Gasteiger partial charge on any atom is -0.245 e. The molecule has 0 fully saturated rings. The summed E-state index contributed by atoms with van der Waals surface area (Å²) >= 11 is 0. The van der Waals surface area contributed by atoms with Crippen LogP contribution in [0, 0.1) is 0 Å². The van der Waals surface area contributed by atoms with E-state index in [2.05, 4.69) is 71.6 Å². The first-order valence-electron chi connectivity index (χ1n) is 9.92. The lowest BCUT2D eigenvalue weighted by molar-refractivity contribution is 0.765. The number of hydrogen-bond donors (Lipinski definition) is 1. The Bertz CT molecular complexity index is 722. The first kappa shape index (κ1) is 20.1. The van der Waals surface area contributed by atoms with Crippen molar-refractivity contribution in [3.05, 3.63) is 52.8 Å². The highest BCUT2D eigenvalue weighted by atomic mass is 15.4. The molecule has 4 nitrogen and oxygen atoms in total. The molecule has 0 spiro atoms. The highest BCUT2D eigenvalue weighted by Crippen LogP contribution is 2.12. The monoisotopic (exact) mass is 352 g/mol. The fourth-order valence-electron chi connectivity index (χ4n) is 2.91. The van der Waals surface area contributed by atoms with E-state index in [4.69, 9.17) is 0 Å². The molecule has 0 bridgehead atoms. The average Bonchev–Trinajstić information content (AvgIpc) is 2.65. The number of rotatable bonds is 10. The third-order valence-corrected chi connectivity index (χ3v) is 4.33. The maximum absolute atomic E-state index is 4.64. The van der Waals surface area contributed by atoms with E-state index in [0.717, 1.165) is 61.2 Å². The molecule has 2 aromatic rings. The van der Waals surface area contributed by atoms with Gasteiger partial charge in [0.05, 0.1) is 5.71 Å². The van der Waals surface area contributed by atoms with Gasteiger partial charge < -0.3 is 0 Å². The van der Waals surface area contributed by atoms with E-state index < -0.39 is 0 Å². The van der Waals surface area contributed by atoms with Gasteiger partial charge in [-0.25, -0.2) is 15.4 Å². The Morgan fingerprint density at radius 3 is 2.35 bits per heavy atom. The normalized spacial score (nSPS) is 11.6. The van der Waals surface area contributed by atoms with Crippen molar-refractivity contribution in [1.82, 2.24) is 9.97 Å². The Morgan fingerprint density at radius 1 is 0.923 bits per heavy atom. The van der Waals surface area contributed by atoms with Crippen LogP contribution in [-0.2, 0) is 19.3 Å². The Balaban J connectivity index is 2.16. The van der Waals surface area contributed by atoms with Crippen molar-refractivity contribution >= 4 is 11.7 Å². The molecule has 1 aromatic carbocycles. The van der Waals surface area contributed by atoms with Gasteiger partial charge in [-0.2, -0.15) is 5.10 Å². The number of aryl methyl sites for hydroxylation is 3. The summed E-state index contributed by atoms with van der Waals surface area (Å²) in [6, 6.07) is 10.7. The van der Waals surface area contributed by atoms with Crippen molar-refractivity contribution in [2.75, 3.05) is 5.43 Å². The summed E-state index contributed by atoms with van der Waals surface area (Å²) in [5, 5.41) is 4.53. The van der Waals surface area contributed by atoms with Crippen LogP contribution in [0.3, 0.4) is 0 Å². The van der Waals surface area contributed by atoms with Crippen LogP contribution in [0.15, 0.2) is 35.4 Å². The standard InChI is InChI=1S/C22H32N4/c1-5-8-14-21-16-20(11-7-3)23-22(24-21)26-25-17(4)19-13-9-12-18(15-19)10-6-2/h9,12-13,15-16H,5-8,10-11,14H2,1-4H3,(H,23,24,26). The molecule has 1 aromatic heterocycles. The Hall–Kier alpha value is -2.23. The van der Waals surface area contributed by atoms with Crippen molar-refractivity contribution in [2.24, 2.45) is 5.10 Å². The van der Waals surface area contributed by atoms with Gasteiger partial charge in [0.15, 0.2) is 0 Å². The molecular weight excluding hydrogens is 320 g/mol. The minimum atomic E-state index is 0.603. The summed E-state index contributed by atoms with van der Waals surface area (Å²) in [5.74, 6) is 0.603. The van der Waals surface area contributed by atoms with Crippen LogP contribution in [-0.4, -0.2) is 15.7 Å². The fraction of sp³-hybridized carbons (Fsp3) is 0.500. The third kappa shape index (κ3) is 6.25. The molecule has 0 saturated heterocycles. The number of hydrazone groups is 1. The van der Waals surface area contributed by atoms with Crippen LogP contribution in [0.1, 0.15) is 75.9 Å². The lowest BCUT2D eigenvalue weighted by Crippen LogP contribution is -2.06. The molecule has 4 heteroatoms. The highest BCUT2D eigenvalue weighted by Gasteiger charge is 2.05. The zero-order valence-electron chi connectivity index (χ0n) is 16.7. The molecule has 26 heavy (non-hydrogen) atoms. The molecule has 0 aliphatic heterocycles. The van der Waals surface area contributed by atoms with E-state index in [-0.39, 0.29) is 0 Å². The first-order chi connectivity index (χ1) is 12.7. The summed E-state index contributed by atoms with van der Waals surface area (Å²) in [4.78, 5) is 9.25. The molecule has 0 aliphatic rings. The molecule has 2 rings (SSSR count). The molecule has 0 unspecified atom stereocenters. The van der Waals surface area contributed by atoms with Gasteiger partial charge in [0, 0.05) is 11.4 Å². The van der Waals surface area contributed by atoms with Crippen molar-refractivity contribution in [2.45, 2.75) is 72.6 Å². The molecule has 140 valence electrons. The number of aromatic nitrogens is 2. The van der Waals surface area contributed by atoms with Crippen LogP contribution in [0.2, 0.25) is 0 Å². The zero-order valence-corrected chi connectivity index (χ0v) is 16.7. The van der Waals surface area contributed by atoms with Crippen molar-refractivity contribution < 1.29 is 0 Å². The van der Waals surface area contributed by atoms with Gasteiger partial charge in [-0.15, -0.1) is 0 Å². The molecule has 0 radical (unpaired) electrons. The Kier molecular flexibility index (Phi) is 8.26. The fourth-order valence-corrected chi connectivity index (χ4v) is 2.91. The summed E-state index contributed by atoms with van der Waals surface area (Å²) < 4.78 is 0. The van der Waals surface area contributed by atoms with E-state index in [1.54, 1.807) is 0 Å². The van der Waals surface area contributed by atoms with Gasteiger partial charge in [0.25, 0.3) is 0 Å². The van der Waals surface area contributed by atoms with Crippen LogP contribution >= 0.6 is 0 Å². The second-order valence-corrected chi connectivity index (χ2v) is 6.79. The first-order valence-corrected chi connectivity index (χ1v) is 9.92. The number of anilines is 1. The number of benzene rings is 1. The maximum atomic E-state index is 4.64. The largest absolute Gasteiger partial charge is 0.245 e. The Labute approximate surface area is 158 Å². The molecule has 0 aliphatic carbocycles. The van der Waals surface area contributed by atoms with Gasteiger partial charge in [-0.3, -0.25) is 0 Å². The quantitative estimate of drug-likeness (QED) is 0.450. The van der Waals surface area contributed by atoms with Crippen LogP contribution in [0.4, 0.5) is 5.95 Å².